The molecule has 0 aliphatic carbocycles. The average Bonchev–Trinajstić information content (AvgIpc) is 2.43. The second kappa shape index (κ2) is 7.62. The van der Waals surface area contributed by atoms with Gasteiger partial charge in [-0.15, -0.1) is 0 Å². The van der Waals surface area contributed by atoms with Crippen LogP contribution < -0.4 is 5.32 Å². The van der Waals surface area contributed by atoms with Crippen molar-refractivity contribution in [2.24, 2.45) is 0 Å². The molecular weight excluding hydrogens is 259 g/mol. The summed E-state index contributed by atoms with van der Waals surface area (Å²) in [7, 11) is 0. The fourth-order valence-corrected chi connectivity index (χ4v) is 1.94. The van der Waals surface area contributed by atoms with E-state index >= 15 is 0 Å². The lowest BCUT2D eigenvalue weighted by atomic mass is 10.1. The second-order valence-corrected chi connectivity index (χ2v) is 4.51. The van der Waals surface area contributed by atoms with Crippen molar-refractivity contribution >= 4 is 11.8 Å². The minimum absolute atomic E-state index is 0.0139. The first-order valence-electron chi connectivity index (χ1n) is 6.82. The smallest absolute Gasteiger partial charge is 0.254 e. The number of hydrogen-bond acceptors (Lipinski definition) is 2. The molecule has 0 bridgehead atoms. The number of amides is 2. The summed E-state index contributed by atoms with van der Waals surface area (Å²) < 4.78 is 13.7. The van der Waals surface area contributed by atoms with Crippen molar-refractivity contribution in [1.82, 2.24) is 10.2 Å². The molecule has 0 aliphatic rings. The van der Waals surface area contributed by atoms with Crippen molar-refractivity contribution < 1.29 is 14.0 Å². The zero-order valence-electron chi connectivity index (χ0n) is 12.2. The van der Waals surface area contributed by atoms with Gasteiger partial charge in [-0.1, -0.05) is 12.1 Å². The van der Waals surface area contributed by atoms with E-state index in [-0.39, 0.29) is 24.4 Å². The van der Waals surface area contributed by atoms with Gasteiger partial charge in [0.25, 0.3) is 5.91 Å². The maximum absolute atomic E-state index is 13.7. The van der Waals surface area contributed by atoms with Crippen molar-refractivity contribution in [1.29, 1.82) is 0 Å². The number of aryl methyl sites for hydroxylation is 1. The highest BCUT2D eigenvalue weighted by atomic mass is 19.1. The van der Waals surface area contributed by atoms with E-state index in [1.54, 1.807) is 24.0 Å². The van der Waals surface area contributed by atoms with E-state index in [0.29, 0.717) is 18.7 Å². The van der Waals surface area contributed by atoms with Crippen LogP contribution in [0.4, 0.5) is 4.39 Å². The molecule has 0 radical (unpaired) electrons. The first-order valence-corrected chi connectivity index (χ1v) is 6.82. The largest absolute Gasteiger partial charge is 0.351 e. The molecule has 0 saturated heterocycles. The quantitative estimate of drug-likeness (QED) is 0.867. The molecule has 110 valence electrons. The molecule has 0 fully saturated rings. The number of halogens is 1. The van der Waals surface area contributed by atoms with Crippen molar-refractivity contribution in [2.45, 2.75) is 27.2 Å². The molecule has 1 rings (SSSR count). The summed E-state index contributed by atoms with van der Waals surface area (Å²) in [4.78, 5) is 25.3. The molecule has 2 amide bonds. The number of carbonyl (C=O) groups is 2. The Labute approximate surface area is 119 Å². The van der Waals surface area contributed by atoms with Gasteiger partial charge in [0.1, 0.15) is 5.82 Å². The van der Waals surface area contributed by atoms with Crippen molar-refractivity contribution in [2.75, 3.05) is 19.6 Å². The Morgan fingerprint density at radius 2 is 1.90 bits per heavy atom. The summed E-state index contributed by atoms with van der Waals surface area (Å²) in [6, 6.07) is 4.67. The lowest BCUT2D eigenvalue weighted by Crippen LogP contribution is -2.34. The first-order chi connectivity index (χ1) is 9.51. The Bertz CT molecular complexity index is 485. The number of carbonyl (C=O) groups excluding carboxylic acids is 2. The maximum atomic E-state index is 13.7. The van der Waals surface area contributed by atoms with Crippen LogP contribution in [-0.2, 0) is 4.79 Å². The minimum Gasteiger partial charge on any atom is -0.351 e. The highest BCUT2D eigenvalue weighted by Crippen LogP contribution is 2.11. The van der Waals surface area contributed by atoms with Crippen LogP contribution in [0.2, 0.25) is 0 Å². The fraction of sp³-hybridized carbons (Fsp3) is 0.467. The van der Waals surface area contributed by atoms with Gasteiger partial charge < -0.3 is 10.2 Å². The molecule has 0 aromatic heterocycles. The molecule has 20 heavy (non-hydrogen) atoms. The molecule has 5 heteroatoms. The van der Waals surface area contributed by atoms with Gasteiger partial charge in [0.05, 0.1) is 5.56 Å². The van der Waals surface area contributed by atoms with Crippen LogP contribution in [0.15, 0.2) is 18.2 Å². The average molecular weight is 280 g/mol. The summed E-state index contributed by atoms with van der Waals surface area (Å²) in [6.07, 6.45) is 0.223. The lowest BCUT2D eigenvalue weighted by Gasteiger charge is -2.18. The van der Waals surface area contributed by atoms with Gasteiger partial charge in [0.15, 0.2) is 0 Å². The van der Waals surface area contributed by atoms with Crippen LogP contribution in [0, 0.1) is 12.7 Å². The van der Waals surface area contributed by atoms with Gasteiger partial charge >= 0.3 is 0 Å². The number of rotatable bonds is 6. The predicted molar refractivity (Wildman–Crippen MR) is 76.0 cm³/mol. The number of benzene rings is 1. The minimum atomic E-state index is -0.514. The van der Waals surface area contributed by atoms with Gasteiger partial charge in [0, 0.05) is 26.1 Å². The Morgan fingerprint density at radius 1 is 1.25 bits per heavy atom. The molecule has 0 atom stereocenters. The van der Waals surface area contributed by atoms with Gasteiger partial charge in [0.2, 0.25) is 5.91 Å². The summed E-state index contributed by atoms with van der Waals surface area (Å²) in [6.45, 7) is 6.92. The van der Waals surface area contributed by atoms with Crippen LogP contribution in [-0.4, -0.2) is 36.3 Å². The lowest BCUT2D eigenvalue weighted by molar-refractivity contribution is -0.130. The topological polar surface area (TPSA) is 49.4 Å². The Hall–Kier alpha value is -1.91. The van der Waals surface area contributed by atoms with Crippen molar-refractivity contribution in [3.63, 3.8) is 0 Å². The Kier molecular flexibility index (Phi) is 6.15. The third kappa shape index (κ3) is 4.05. The summed E-state index contributed by atoms with van der Waals surface area (Å²) in [5.74, 6) is -1.02. The molecule has 0 spiro atoms. The monoisotopic (exact) mass is 280 g/mol. The van der Waals surface area contributed by atoms with Crippen LogP contribution in [0.5, 0.6) is 0 Å². The van der Waals surface area contributed by atoms with Crippen molar-refractivity contribution in [3.8, 4) is 0 Å². The summed E-state index contributed by atoms with van der Waals surface area (Å²) in [5, 5.41) is 2.57. The van der Waals surface area contributed by atoms with Gasteiger partial charge in [-0.25, -0.2) is 4.39 Å². The van der Waals surface area contributed by atoms with Crippen LogP contribution >= 0.6 is 0 Å². The third-order valence-corrected chi connectivity index (χ3v) is 3.18. The first kappa shape index (κ1) is 16.1. The summed E-state index contributed by atoms with van der Waals surface area (Å²) in [5.41, 5.74) is 0.442. The Morgan fingerprint density at radius 3 is 2.50 bits per heavy atom. The van der Waals surface area contributed by atoms with Crippen LogP contribution in [0.25, 0.3) is 0 Å². The van der Waals surface area contributed by atoms with E-state index in [1.807, 2.05) is 13.8 Å². The second-order valence-electron chi connectivity index (χ2n) is 4.51. The number of nitrogens with one attached hydrogen (secondary N) is 1. The summed E-state index contributed by atoms with van der Waals surface area (Å²) >= 11 is 0. The SMILES string of the molecule is CCN(CC)C(=O)CCNC(=O)c1cccc(C)c1F. The molecule has 0 unspecified atom stereocenters. The predicted octanol–water partition coefficient (Wildman–Crippen LogP) is 2.12. The van der Waals surface area contributed by atoms with Gasteiger partial charge in [-0.2, -0.15) is 0 Å². The molecule has 4 nitrogen and oxygen atoms in total. The van der Waals surface area contributed by atoms with Gasteiger partial charge in [-0.05, 0) is 32.4 Å². The zero-order valence-corrected chi connectivity index (χ0v) is 12.2. The fourth-order valence-electron chi connectivity index (χ4n) is 1.94. The number of hydrogen-bond donors (Lipinski definition) is 1. The Balaban J connectivity index is 2.52. The van der Waals surface area contributed by atoms with E-state index in [9.17, 15) is 14.0 Å². The third-order valence-electron chi connectivity index (χ3n) is 3.18. The standard InChI is InChI=1S/C15H21FN2O2/c1-4-18(5-2)13(19)9-10-17-15(20)12-8-6-7-11(3)14(12)16/h6-8H,4-5,9-10H2,1-3H3,(H,17,20). The van der Waals surface area contributed by atoms with Gasteiger partial charge in [-0.3, -0.25) is 9.59 Å². The molecule has 0 heterocycles. The molecule has 1 aromatic rings. The maximum Gasteiger partial charge on any atom is 0.254 e. The van der Waals surface area contributed by atoms with E-state index < -0.39 is 11.7 Å². The van der Waals surface area contributed by atoms with E-state index in [4.69, 9.17) is 0 Å². The van der Waals surface area contributed by atoms with E-state index in [0.717, 1.165) is 0 Å². The van der Waals surface area contributed by atoms with Crippen molar-refractivity contribution in [3.05, 3.63) is 35.1 Å². The van der Waals surface area contributed by atoms with Crippen LogP contribution in [0.3, 0.4) is 0 Å². The molecule has 0 saturated carbocycles. The normalized spacial score (nSPS) is 10.2. The number of nitrogens with zero attached hydrogens (tertiary/aromatic N) is 1. The highest BCUT2D eigenvalue weighted by Gasteiger charge is 2.14. The molecule has 0 aliphatic heterocycles. The van der Waals surface area contributed by atoms with Crippen LogP contribution in [0.1, 0.15) is 36.2 Å². The van der Waals surface area contributed by atoms with E-state index in [2.05, 4.69) is 5.32 Å². The molecule has 1 N–H and O–H groups in total. The zero-order chi connectivity index (χ0) is 15.1. The highest BCUT2D eigenvalue weighted by molar-refractivity contribution is 5.94. The molecular formula is C15H21FN2O2. The van der Waals surface area contributed by atoms with E-state index in [1.165, 1.54) is 6.07 Å². The molecule has 1 aromatic carbocycles.